The third-order valence-electron chi connectivity index (χ3n) is 3.04. The van der Waals surface area contributed by atoms with Gasteiger partial charge in [0.1, 0.15) is 0 Å². The Morgan fingerprint density at radius 1 is 1.41 bits per heavy atom. The van der Waals surface area contributed by atoms with Crippen LogP contribution in [0.1, 0.15) is 33.6 Å². The fraction of sp³-hybridized carbons (Fsp3) is 0.917. The minimum atomic E-state index is -0.522. The minimum Gasteiger partial charge on any atom is -0.446 e. The average Bonchev–Trinajstić information content (AvgIpc) is 2.59. The van der Waals surface area contributed by atoms with Crippen LogP contribution in [0.5, 0.6) is 0 Å². The number of ether oxygens (including phenoxy) is 1. The zero-order valence-corrected chi connectivity index (χ0v) is 10.8. The van der Waals surface area contributed by atoms with Gasteiger partial charge in [-0.3, -0.25) is 10.1 Å². The summed E-state index contributed by atoms with van der Waals surface area (Å²) >= 11 is 0. The summed E-state index contributed by atoms with van der Waals surface area (Å²) in [6.07, 6.45) is 0.908. The lowest BCUT2D eigenvalue weighted by molar-refractivity contribution is -0.159. The molecule has 0 aliphatic carbocycles. The lowest BCUT2D eigenvalue weighted by atomic mass is 9.96. The Morgan fingerprint density at radius 2 is 2.06 bits per heavy atom. The molecular weight excluding hydrogens is 222 g/mol. The van der Waals surface area contributed by atoms with Gasteiger partial charge in [0, 0.05) is 19.1 Å². The number of aliphatic hydroxyl groups excluding tert-OH is 2. The van der Waals surface area contributed by atoms with E-state index in [9.17, 15) is 9.90 Å². The van der Waals surface area contributed by atoms with Crippen molar-refractivity contribution in [2.24, 2.45) is 11.3 Å². The van der Waals surface area contributed by atoms with Gasteiger partial charge in [0.25, 0.3) is 0 Å². The zero-order chi connectivity index (χ0) is 13.1. The van der Waals surface area contributed by atoms with E-state index in [1.165, 1.54) is 0 Å². The summed E-state index contributed by atoms with van der Waals surface area (Å²) in [4.78, 5) is 11.7. The van der Waals surface area contributed by atoms with Crippen molar-refractivity contribution in [1.82, 2.24) is 5.32 Å². The van der Waals surface area contributed by atoms with Crippen LogP contribution in [0.2, 0.25) is 0 Å². The number of nitrogens with one attached hydrogen (secondary N) is 1. The van der Waals surface area contributed by atoms with Crippen LogP contribution in [-0.2, 0) is 9.53 Å². The average molecular weight is 245 g/mol. The molecule has 1 heterocycles. The van der Waals surface area contributed by atoms with Crippen LogP contribution < -0.4 is 5.32 Å². The third-order valence-corrected chi connectivity index (χ3v) is 3.04. The standard InChI is InChI=1S/C12H23NO4/c1-12(2,3)11(16)17-10-6-8(4-5-14)9(7-15)13-10/h8-10,13-15H,4-7H2,1-3H3. The molecule has 3 unspecified atom stereocenters. The molecule has 0 saturated carbocycles. The normalized spacial score (nSPS) is 29.4. The van der Waals surface area contributed by atoms with Crippen LogP contribution in [0, 0.1) is 11.3 Å². The van der Waals surface area contributed by atoms with Gasteiger partial charge in [-0.1, -0.05) is 0 Å². The first-order valence-corrected chi connectivity index (χ1v) is 6.07. The van der Waals surface area contributed by atoms with E-state index in [1.54, 1.807) is 20.8 Å². The molecule has 0 radical (unpaired) electrons. The van der Waals surface area contributed by atoms with Crippen LogP contribution in [0.3, 0.4) is 0 Å². The highest BCUT2D eigenvalue weighted by Gasteiger charge is 2.36. The summed E-state index contributed by atoms with van der Waals surface area (Å²) in [6.45, 7) is 5.49. The second kappa shape index (κ2) is 5.80. The maximum atomic E-state index is 11.7. The maximum absolute atomic E-state index is 11.7. The first-order chi connectivity index (χ1) is 7.88. The van der Waals surface area contributed by atoms with Gasteiger partial charge in [0.2, 0.25) is 0 Å². The molecule has 0 aromatic carbocycles. The quantitative estimate of drug-likeness (QED) is 0.619. The van der Waals surface area contributed by atoms with Gasteiger partial charge in [-0.15, -0.1) is 0 Å². The predicted molar refractivity (Wildman–Crippen MR) is 63.2 cm³/mol. The molecule has 1 aliphatic heterocycles. The highest BCUT2D eigenvalue weighted by molar-refractivity contribution is 5.75. The Bertz CT molecular complexity index is 262. The fourth-order valence-electron chi connectivity index (χ4n) is 1.96. The van der Waals surface area contributed by atoms with Gasteiger partial charge >= 0.3 is 5.97 Å². The second-order valence-electron chi connectivity index (χ2n) is 5.61. The summed E-state index contributed by atoms with van der Waals surface area (Å²) in [5, 5.41) is 21.2. The van der Waals surface area contributed by atoms with Gasteiger partial charge < -0.3 is 14.9 Å². The first kappa shape index (κ1) is 14.4. The van der Waals surface area contributed by atoms with Crippen molar-refractivity contribution >= 4 is 5.97 Å². The molecule has 5 nitrogen and oxygen atoms in total. The molecule has 3 N–H and O–H groups in total. The number of hydrogen-bond acceptors (Lipinski definition) is 5. The van der Waals surface area contributed by atoms with E-state index in [4.69, 9.17) is 9.84 Å². The van der Waals surface area contributed by atoms with Crippen LogP contribution in [0.25, 0.3) is 0 Å². The molecule has 0 aromatic heterocycles. The summed E-state index contributed by atoms with van der Waals surface area (Å²) in [5.41, 5.74) is -0.522. The predicted octanol–water partition coefficient (Wildman–Crippen LogP) is 0.255. The summed E-state index contributed by atoms with van der Waals surface area (Å²) in [7, 11) is 0. The molecule has 1 aliphatic rings. The molecular formula is C12H23NO4. The van der Waals surface area contributed by atoms with Crippen LogP contribution in [0.15, 0.2) is 0 Å². The van der Waals surface area contributed by atoms with Gasteiger partial charge in [0.15, 0.2) is 6.23 Å². The number of aliphatic hydroxyl groups is 2. The zero-order valence-electron chi connectivity index (χ0n) is 10.8. The van der Waals surface area contributed by atoms with Crippen LogP contribution >= 0.6 is 0 Å². The van der Waals surface area contributed by atoms with Crippen LogP contribution in [0.4, 0.5) is 0 Å². The summed E-state index contributed by atoms with van der Waals surface area (Å²) < 4.78 is 5.34. The minimum absolute atomic E-state index is 0.00572. The summed E-state index contributed by atoms with van der Waals surface area (Å²) in [6, 6.07) is -0.0973. The number of carbonyl (C=O) groups excluding carboxylic acids is 1. The SMILES string of the molecule is CC(C)(C)C(=O)OC1CC(CCO)C(CO)N1. The number of esters is 1. The first-order valence-electron chi connectivity index (χ1n) is 6.07. The number of rotatable bonds is 4. The monoisotopic (exact) mass is 245 g/mol. The molecule has 1 saturated heterocycles. The molecule has 1 rings (SSSR count). The van der Waals surface area contributed by atoms with E-state index in [0.29, 0.717) is 12.8 Å². The Hall–Kier alpha value is -0.650. The van der Waals surface area contributed by atoms with E-state index in [1.807, 2.05) is 0 Å². The van der Waals surface area contributed by atoms with Crippen molar-refractivity contribution in [2.75, 3.05) is 13.2 Å². The van der Waals surface area contributed by atoms with Crippen molar-refractivity contribution in [3.05, 3.63) is 0 Å². The van der Waals surface area contributed by atoms with Crippen molar-refractivity contribution < 1.29 is 19.7 Å². The molecule has 3 atom stereocenters. The van der Waals surface area contributed by atoms with E-state index in [0.717, 1.165) is 0 Å². The van der Waals surface area contributed by atoms with Crippen LogP contribution in [-0.4, -0.2) is 41.7 Å². The van der Waals surface area contributed by atoms with E-state index in [2.05, 4.69) is 5.32 Å². The van der Waals surface area contributed by atoms with Gasteiger partial charge in [-0.2, -0.15) is 0 Å². The molecule has 1 fully saturated rings. The second-order valence-corrected chi connectivity index (χ2v) is 5.61. The largest absolute Gasteiger partial charge is 0.446 e. The Kier molecular flexibility index (Phi) is 4.91. The highest BCUT2D eigenvalue weighted by atomic mass is 16.6. The molecule has 100 valence electrons. The summed E-state index contributed by atoms with van der Waals surface area (Å²) in [5.74, 6) is -0.0980. The van der Waals surface area contributed by atoms with E-state index < -0.39 is 5.41 Å². The highest BCUT2D eigenvalue weighted by Crippen LogP contribution is 2.26. The topological polar surface area (TPSA) is 78.8 Å². The molecule has 17 heavy (non-hydrogen) atoms. The molecule has 0 spiro atoms. The Balaban J connectivity index is 2.50. The number of carbonyl (C=O) groups is 1. The van der Waals surface area contributed by atoms with Gasteiger partial charge in [-0.25, -0.2) is 0 Å². The lowest BCUT2D eigenvalue weighted by Crippen LogP contribution is -2.38. The van der Waals surface area contributed by atoms with E-state index >= 15 is 0 Å². The molecule has 0 aromatic rings. The Labute approximate surface area is 102 Å². The van der Waals surface area contributed by atoms with E-state index in [-0.39, 0.29) is 37.4 Å². The molecule has 5 heteroatoms. The smallest absolute Gasteiger partial charge is 0.312 e. The molecule has 0 amide bonds. The van der Waals surface area contributed by atoms with Crippen molar-refractivity contribution in [3.8, 4) is 0 Å². The van der Waals surface area contributed by atoms with Crippen molar-refractivity contribution in [3.63, 3.8) is 0 Å². The number of hydrogen-bond donors (Lipinski definition) is 3. The maximum Gasteiger partial charge on any atom is 0.312 e. The van der Waals surface area contributed by atoms with Crippen molar-refractivity contribution in [2.45, 2.75) is 45.9 Å². The lowest BCUT2D eigenvalue weighted by Gasteiger charge is -2.21. The van der Waals surface area contributed by atoms with Crippen molar-refractivity contribution in [1.29, 1.82) is 0 Å². The van der Waals surface area contributed by atoms with Gasteiger partial charge in [0.05, 0.1) is 12.0 Å². The fourth-order valence-corrected chi connectivity index (χ4v) is 1.96. The third kappa shape index (κ3) is 3.94. The Morgan fingerprint density at radius 3 is 2.53 bits per heavy atom. The molecule has 0 bridgehead atoms. The van der Waals surface area contributed by atoms with Gasteiger partial charge in [-0.05, 0) is 33.1 Å².